The predicted octanol–water partition coefficient (Wildman–Crippen LogP) is 3.88. The number of esters is 1. The molecule has 3 nitrogen and oxygen atoms in total. The van der Waals surface area contributed by atoms with Crippen LogP contribution in [0.1, 0.15) is 15.9 Å². The average Bonchev–Trinajstić information content (AvgIpc) is 2.47. The first-order chi connectivity index (χ1) is 9.61. The second-order valence-electron chi connectivity index (χ2n) is 4.13. The number of halogens is 2. The van der Waals surface area contributed by atoms with Gasteiger partial charge in [-0.1, -0.05) is 29.8 Å². The lowest BCUT2D eigenvalue weighted by molar-refractivity contribution is 0.0599. The molecule has 104 valence electrons. The Morgan fingerprint density at radius 3 is 2.80 bits per heavy atom. The van der Waals surface area contributed by atoms with Crippen LogP contribution in [-0.4, -0.2) is 13.1 Å². The van der Waals surface area contributed by atoms with E-state index >= 15 is 0 Å². The maximum atomic E-state index is 13.2. The summed E-state index contributed by atoms with van der Waals surface area (Å²) in [5, 5.41) is 3.43. The number of carbonyl (C=O) groups is 1. The van der Waals surface area contributed by atoms with E-state index in [1.807, 2.05) is 6.07 Å². The molecule has 5 heteroatoms. The molecule has 0 unspecified atom stereocenters. The normalized spacial score (nSPS) is 10.2. The average molecular weight is 294 g/mol. The Kier molecular flexibility index (Phi) is 4.58. The number of methoxy groups -OCH3 is 1. The Morgan fingerprint density at radius 1 is 1.30 bits per heavy atom. The van der Waals surface area contributed by atoms with Gasteiger partial charge in [0.25, 0.3) is 0 Å². The first kappa shape index (κ1) is 14.3. The molecule has 0 atom stereocenters. The van der Waals surface area contributed by atoms with Gasteiger partial charge in [0, 0.05) is 6.54 Å². The summed E-state index contributed by atoms with van der Waals surface area (Å²) in [5.41, 5.74) is 1.70. The van der Waals surface area contributed by atoms with Gasteiger partial charge in [-0.2, -0.15) is 0 Å². The monoisotopic (exact) mass is 293 g/mol. The van der Waals surface area contributed by atoms with Gasteiger partial charge in [0.1, 0.15) is 5.82 Å². The molecule has 0 fully saturated rings. The summed E-state index contributed by atoms with van der Waals surface area (Å²) in [6.45, 7) is 0.342. The van der Waals surface area contributed by atoms with Gasteiger partial charge in [-0.3, -0.25) is 0 Å². The molecule has 0 aliphatic carbocycles. The molecule has 0 saturated carbocycles. The SMILES string of the molecule is COC(=O)c1ccccc1CNc1cc(F)ccc1Cl. The molecule has 0 spiro atoms. The number of benzene rings is 2. The van der Waals surface area contributed by atoms with Gasteiger partial charge in [-0.15, -0.1) is 0 Å². The summed E-state index contributed by atoms with van der Waals surface area (Å²) in [5.74, 6) is -0.786. The van der Waals surface area contributed by atoms with Crippen molar-refractivity contribution in [2.75, 3.05) is 12.4 Å². The zero-order chi connectivity index (χ0) is 14.5. The highest BCUT2D eigenvalue weighted by molar-refractivity contribution is 6.33. The quantitative estimate of drug-likeness (QED) is 0.870. The van der Waals surface area contributed by atoms with Gasteiger partial charge in [0.2, 0.25) is 0 Å². The minimum atomic E-state index is -0.410. The summed E-state index contributed by atoms with van der Waals surface area (Å²) in [4.78, 5) is 11.6. The Hall–Kier alpha value is -2.07. The van der Waals surface area contributed by atoms with Gasteiger partial charge in [-0.25, -0.2) is 9.18 Å². The highest BCUT2D eigenvalue weighted by Gasteiger charge is 2.11. The van der Waals surface area contributed by atoms with Crippen LogP contribution in [0.5, 0.6) is 0 Å². The molecule has 0 saturated heterocycles. The van der Waals surface area contributed by atoms with E-state index in [1.165, 1.54) is 25.3 Å². The summed E-state index contributed by atoms with van der Waals surface area (Å²) in [7, 11) is 1.33. The van der Waals surface area contributed by atoms with Gasteiger partial charge in [-0.05, 0) is 29.8 Å². The Bertz CT molecular complexity index is 631. The maximum Gasteiger partial charge on any atom is 0.338 e. The molecule has 20 heavy (non-hydrogen) atoms. The second kappa shape index (κ2) is 6.39. The lowest BCUT2D eigenvalue weighted by Gasteiger charge is -2.11. The standard InChI is InChI=1S/C15H13ClFNO2/c1-20-15(19)12-5-3-2-4-10(12)9-18-14-8-11(17)6-7-13(14)16/h2-8,18H,9H2,1H3. The van der Waals surface area contributed by atoms with Crippen LogP contribution >= 0.6 is 11.6 Å². The van der Waals surface area contributed by atoms with Gasteiger partial charge in [0.05, 0.1) is 23.4 Å². The van der Waals surface area contributed by atoms with Crippen molar-refractivity contribution in [2.24, 2.45) is 0 Å². The fraction of sp³-hybridized carbons (Fsp3) is 0.133. The first-order valence-electron chi connectivity index (χ1n) is 5.97. The summed E-state index contributed by atoms with van der Waals surface area (Å²) < 4.78 is 17.9. The Labute approximate surface area is 121 Å². The van der Waals surface area contributed by atoms with E-state index in [1.54, 1.807) is 18.2 Å². The smallest absolute Gasteiger partial charge is 0.338 e. The van der Waals surface area contributed by atoms with Gasteiger partial charge >= 0.3 is 5.97 Å². The molecule has 0 radical (unpaired) electrons. The zero-order valence-corrected chi connectivity index (χ0v) is 11.6. The molecule has 0 aromatic heterocycles. The summed E-state index contributed by atoms with van der Waals surface area (Å²) in [6, 6.07) is 11.1. The molecular formula is C15H13ClFNO2. The third kappa shape index (κ3) is 3.27. The van der Waals surface area contributed by atoms with Crippen LogP contribution in [0.3, 0.4) is 0 Å². The second-order valence-corrected chi connectivity index (χ2v) is 4.53. The van der Waals surface area contributed by atoms with E-state index in [-0.39, 0.29) is 5.82 Å². The molecule has 2 rings (SSSR count). The Balaban J connectivity index is 2.19. The highest BCUT2D eigenvalue weighted by atomic mass is 35.5. The van der Waals surface area contributed by atoms with Gasteiger partial charge < -0.3 is 10.1 Å². The van der Waals surface area contributed by atoms with Crippen LogP contribution in [0.2, 0.25) is 5.02 Å². The van der Waals surface area contributed by atoms with Crippen LogP contribution in [0.15, 0.2) is 42.5 Å². The van der Waals surface area contributed by atoms with Crippen molar-refractivity contribution in [1.29, 1.82) is 0 Å². The molecule has 2 aromatic rings. The van der Waals surface area contributed by atoms with Crippen molar-refractivity contribution in [3.05, 3.63) is 64.4 Å². The highest BCUT2D eigenvalue weighted by Crippen LogP contribution is 2.23. The van der Waals surface area contributed by atoms with Crippen molar-refractivity contribution in [2.45, 2.75) is 6.54 Å². The fourth-order valence-corrected chi connectivity index (χ4v) is 1.99. The minimum absolute atomic E-state index is 0.342. The number of anilines is 1. The number of rotatable bonds is 4. The number of hydrogen-bond donors (Lipinski definition) is 1. The Morgan fingerprint density at radius 2 is 2.05 bits per heavy atom. The predicted molar refractivity (Wildman–Crippen MR) is 76.5 cm³/mol. The van der Waals surface area contributed by atoms with Crippen LogP contribution in [-0.2, 0) is 11.3 Å². The molecule has 0 bridgehead atoms. The fourth-order valence-electron chi connectivity index (χ4n) is 1.81. The van der Waals surface area contributed by atoms with Crippen molar-refractivity contribution in [1.82, 2.24) is 0 Å². The zero-order valence-electron chi connectivity index (χ0n) is 10.8. The maximum absolute atomic E-state index is 13.2. The van der Waals surface area contributed by atoms with E-state index in [2.05, 4.69) is 5.32 Å². The molecule has 0 aliphatic heterocycles. The number of carbonyl (C=O) groups excluding carboxylic acids is 1. The third-order valence-corrected chi connectivity index (χ3v) is 3.15. The molecule has 0 heterocycles. The van der Waals surface area contributed by atoms with Crippen LogP contribution in [0, 0.1) is 5.82 Å². The lowest BCUT2D eigenvalue weighted by Crippen LogP contribution is -2.09. The summed E-state index contributed by atoms with van der Waals surface area (Å²) in [6.07, 6.45) is 0. The molecule has 0 aliphatic rings. The van der Waals surface area contributed by atoms with E-state index in [4.69, 9.17) is 16.3 Å². The van der Waals surface area contributed by atoms with Crippen LogP contribution < -0.4 is 5.32 Å². The number of ether oxygens (including phenoxy) is 1. The first-order valence-corrected chi connectivity index (χ1v) is 6.34. The van der Waals surface area contributed by atoms with E-state index < -0.39 is 5.97 Å². The largest absolute Gasteiger partial charge is 0.465 e. The number of hydrogen-bond acceptors (Lipinski definition) is 3. The molecule has 1 N–H and O–H groups in total. The van der Waals surface area contributed by atoms with E-state index in [0.717, 1.165) is 5.56 Å². The lowest BCUT2D eigenvalue weighted by atomic mass is 10.1. The topological polar surface area (TPSA) is 38.3 Å². The van der Waals surface area contributed by atoms with Crippen molar-refractivity contribution < 1.29 is 13.9 Å². The van der Waals surface area contributed by atoms with Crippen LogP contribution in [0.25, 0.3) is 0 Å². The summed E-state index contributed by atoms with van der Waals surface area (Å²) >= 11 is 5.97. The van der Waals surface area contributed by atoms with Crippen LogP contribution in [0.4, 0.5) is 10.1 Å². The number of nitrogens with one attached hydrogen (secondary N) is 1. The third-order valence-electron chi connectivity index (χ3n) is 2.82. The molecular weight excluding hydrogens is 281 g/mol. The van der Waals surface area contributed by atoms with Crippen molar-refractivity contribution in [3.63, 3.8) is 0 Å². The van der Waals surface area contributed by atoms with Crippen molar-refractivity contribution >= 4 is 23.3 Å². The minimum Gasteiger partial charge on any atom is -0.465 e. The van der Waals surface area contributed by atoms with Gasteiger partial charge in [0.15, 0.2) is 0 Å². The van der Waals surface area contributed by atoms with E-state index in [9.17, 15) is 9.18 Å². The molecule has 2 aromatic carbocycles. The van der Waals surface area contributed by atoms with E-state index in [0.29, 0.717) is 22.8 Å². The van der Waals surface area contributed by atoms with Crippen molar-refractivity contribution in [3.8, 4) is 0 Å². The molecule has 0 amide bonds.